The molecule has 4 heteroatoms. The monoisotopic (exact) mass is 319 g/mol. The minimum atomic E-state index is 0.585. The van der Waals surface area contributed by atoms with Crippen LogP contribution in [0, 0.1) is 6.92 Å². The van der Waals surface area contributed by atoms with Gasteiger partial charge in [-0.15, -0.1) is 0 Å². The predicted octanol–water partition coefficient (Wildman–Crippen LogP) is 3.61. The van der Waals surface area contributed by atoms with Gasteiger partial charge in [-0.2, -0.15) is 5.10 Å². The summed E-state index contributed by atoms with van der Waals surface area (Å²) in [6.45, 7) is 4.29. The van der Waals surface area contributed by atoms with Crippen LogP contribution in [0.1, 0.15) is 30.0 Å². The highest BCUT2D eigenvalue weighted by Gasteiger charge is 2.22. The molecule has 0 unspecified atom stereocenters. The van der Waals surface area contributed by atoms with Crippen molar-refractivity contribution in [1.29, 1.82) is 0 Å². The minimum absolute atomic E-state index is 0.585. The molecule has 3 rings (SSSR count). The van der Waals surface area contributed by atoms with Crippen molar-refractivity contribution in [3.8, 4) is 11.3 Å². The zero-order valence-electron chi connectivity index (χ0n) is 11.0. The molecular weight excluding hydrogens is 302 g/mol. The summed E-state index contributed by atoms with van der Waals surface area (Å²) in [4.78, 5) is 0. The molecule has 3 nitrogen and oxygen atoms in total. The quantitative estimate of drug-likeness (QED) is 0.887. The number of hydrogen-bond donors (Lipinski definition) is 2. The van der Waals surface area contributed by atoms with Crippen LogP contribution in [-0.2, 0) is 0 Å². The van der Waals surface area contributed by atoms with Crippen LogP contribution in [0.4, 0.5) is 0 Å². The summed E-state index contributed by atoms with van der Waals surface area (Å²) in [5, 5.41) is 11.1. The summed E-state index contributed by atoms with van der Waals surface area (Å²) in [6, 6.07) is 8.51. The molecule has 0 saturated carbocycles. The van der Waals surface area contributed by atoms with Gasteiger partial charge in [0.1, 0.15) is 5.69 Å². The molecule has 19 heavy (non-hydrogen) atoms. The topological polar surface area (TPSA) is 40.7 Å². The first-order valence-corrected chi connectivity index (χ1v) is 7.56. The fourth-order valence-electron chi connectivity index (χ4n) is 2.63. The molecule has 0 bridgehead atoms. The lowest BCUT2D eigenvalue weighted by atomic mass is 9.94. The maximum atomic E-state index is 4.50. The fourth-order valence-corrected chi connectivity index (χ4v) is 3.36. The first-order valence-electron chi connectivity index (χ1n) is 6.77. The van der Waals surface area contributed by atoms with Crippen LogP contribution in [0.25, 0.3) is 11.3 Å². The average Bonchev–Trinajstić information content (AvgIpc) is 2.83. The third-order valence-corrected chi connectivity index (χ3v) is 4.61. The van der Waals surface area contributed by atoms with Crippen LogP contribution in [0.3, 0.4) is 0 Å². The van der Waals surface area contributed by atoms with Crippen molar-refractivity contribution in [3.63, 3.8) is 0 Å². The van der Waals surface area contributed by atoms with E-state index in [1.807, 2.05) is 0 Å². The first-order chi connectivity index (χ1) is 9.25. The number of aryl methyl sites for hydroxylation is 1. The van der Waals surface area contributed by atoms with E-state index in [4.69, 9.17) is 0 Å². The number of nitrogens with one attached hydrogen (secondary N) is 2. The molecule has 2 heterocycles. The number of hydrogen-bond acceptors (Lipinski definition) is 2. The summed E-state index contributed by atoms with van der Waals surface area (Å²) in [7, 11) is 0. The van der Waals surface area contributed by atoms with Gasteiger partial charge in [-0.25, -0.2) is 0 Å². The molecule has 1 fully saturated rings. The molecular formula is C15H18BrN3. The highest BCUT2D eigenvalue weighted by Crippen LogP contribution is 2.35. The zero-order chi connectivity index (χ0) is 13.2. The Bertz CT molecular complexity index is 553. The lowest BCUT2D eigenvalue weighted by molar-refractivity contribution is 0.452. The van der Waals surface area contributed by atoms with Crippen LogP contribution >= 0.6 is 15.9 Å². The summed E-state index contributed by atoms with van der Waals surface area (Å²) < 4.78 is 1.13. The first kappa shape index (κ1) is 12.9. The van der Waals surface area contributed by atoms with E-state index in [-0.39, 0.29) is 0 Å². The van der Waals surface area contributed by atoms with E-state index in [9.17, 15) is 0 Å². The normalized spacial score (nSPS) is 16.7. The van der Waals surface area contributed by atoms with E-state index in [0.29, 0.717) is 5.92 Å². The van der Waals surface area contributed by atoms with Crippen LogP contribution < -0.4 is 5.32 Å². The van der Waals surface area contributed by atoms with Gasteiger partial charge in [0, 0.05) is 11.5 Å². The molecule has 100 valence electrons. The second-order valence-corrected chi connectivity index (χ2v) is 5.98. The summed E-state index contributed by atoms with van der Waals surface area (Å²) in [6.07, 6.45) is 2.35. The van der Waals surface area contributed by atoms with Gasteiger partial charge >= 0.3 is 0 Å². The standard InChI is InChI=1S/C15H18BrN3/c1-10-2-4-11(5-3-10)14-13(16)15(19-18-14)12-6-8-17-9-7-12/h2-5,12,17H,6-9H2,1H3,(H,18,19). The van der Waals surface area contributed by atoms with Gasteiger partial charge in [0.05, 0.1) is 10.2 Å². The SMILES string of the molecule is Cc1ccc(-c2n[nH]c(C3CCNCC3)c2Br)cc1. The van der Waals surface area contributed by atoms with Crippen molar-refractivity contribution in [3.05, 3.63) is 40.0 Å². The van der Waals surface area contributed by atoms with Crippen LogP contribution in [-0.4, -0.2) is 23.3 Å². The molecule has 1 aliphatic heterocycles. The summed E-state index contributed by atoms with van der Waals surface area (Å²) in [5.74, 6) is 0.585. The lowest BCUT2D eigenvalue weighted by Gasteiger charge is -2.21. The molecule has 0 aliphatic carbocycles. The Morgan fingerprint density at radius 3 is 2.53 bits per heavy atom. The molecule has 1 aromatic heterocycles. The molecule has 2 N–H and O–H groups in total. The van der Waals surface area contributed by atoms with E-state index < -0.39 is 0 Å². The maximum absolute atomic E-state index is 4.50. The van der Waals surface area contributed by atoms with Gasteiger partial charge in [0.2, 0.25) is 0 Å². The Hall–Kier alpha value is -1.13. The van der Waals surface area contributed by atoms with Crippen molar-refractivity contribution in [1.82, 2.24) is 15.5 Å². The van der Waals surface area contributed by atoms with E-state index >= 15 is 0 Å². The minimum Gasteiger partial charge on any atom is -0.317 e. The molecule has 0 atom stereocenters. The number of piperidine rings is 1. The van der Waals surface area contributed by atoms with Crippen LogP contribution in [0.5, 0.6) is 0 Å². The number of halogens is 1. The van der Waals surface area contributed by atoms with Gasteiger partial charge in [-0.1, -0.05) is 29.8 Å². The number of aromatic amines is 1. The predicted molar refractivity (Wildman–Crippen MR) is 81.3 cm³/mol. The maximum Gasteiger partial charge on any atom is 0.107 e. The third kappa shape index (κ3) is 2.60. The Balaban J connectivity index is 1.91. The lowest BCUT2D eigenvalue weighted by Crippen LogP contribution is -2.26. The largest absolute Gasteiger partial charge is 0.317 e. The third-order valence-electron chi connectivity index (χ3n) is 3.80. The summed E-state index contributed by atoms with van der Waals surface area (Å²) in [5.41, 5.74) is 4.70. The molecule has 1 aliphatic rings. The number of benzene rings is 1. The molecule has 0 spiro atoms. The number of nitrogens with zero attached hydrogens (tertiary/aromatic N) is 1. The van der Waals surface area contributed by atoms with Crippen molar-refractivity contribution in [2.24, 2.45) is 0 Å². The molecule has 1 saturated heterocycles. The highest BCUT2D eigenvalue weighted by atomic mass is 79.9. The van der Waals surface area contributed by atoms with E-state index in [2.05, 4.69) is 62.6 Å². The summed E-state index contributed by atoms with van der Waals surface area (Å²) >= 11 is 3.73. The Kier molecular flexibility index (Phi) is 3.71. The molecule has 0 radical (unpaired) electrons. The van der Waals surface area contributed by atoms with Gasteiger partial charge in [0.25, 0.3) is 0 Å². The second kappa shape index (κ2) is 5.47. The van der Waals surface area contributed by atoms with E-state index in [1.165, 1.54) is 24.1 Å². The fraction of sp³-hybridized carbons (Fsp3) is 0.400. The Labute approximate surface area is 121 Å². The van der Waals surface area contributed by atoms with Crippen molar-refractivity contribution in [2.45, 2.75) is 25.7 Å². The number of rotatable bonds is 2. The number of H-pyrrole nitrogens is 1. The van der Waals surface area contributed by atoms with Crippen LogP contribution in [0.2, 0.25) is 0 Å². The van der Waals surface area contributed by atoms with Gasteiger partial charge < -0.3 is 5.32 Å². The highest BCUT2D eigenvalue weighted by molar-refractivity contribution is 9.10. The smallest absolute Gasteiger partial charge is 0.107 e. The molecule has 1 aromatic carbocycles. The molecule has 2 aromatic rings. The Morgan fingerprint density at radius 2 is 1.84 bits per heavy atom. The van der Waals surface area contributed by atoms with Gasteiger partial charge in [-0.05, 0) is 48.8 Å². The van der Waals surface area contributed by atoms with Crippen molar-refractivity contribution in [2.75, 3.05) is 13.1 Å². The zero-order valence-corrected chi connectivity index (χ0v) is 12.6. The average molecular weight is 320 g/mol. The van der Waals surface area contributed by atoms with Crippen molar-refractivity contribution >= 4 is 15.9 Å². The van der Waals surface area contributed by atoms with Crippen LogP contribution in [0.15, 0.2) is 28.7 Å². The van der Waals surface area contributed by atoms with E-state index in [1.54, 1.807) is 0 Å². The molecule has 0 amide bonds. The van der Waals surface area contributed by atoms with Crippen molar-refractivity contribution < 1.29 is 0 Å². The van der Waals surface area contributed by atoms with Gasteiger partial charge in [-0.3, -0.25) is 5.10 Å². The Morgan fingerprint density at radius 1 is 1.16 bits per heavy atom. The van der Waals surface area contributed by atoms with Gasteiger partial charge in [0.15, 0.2) is 0 Å². The number of aromatic nitrogens is 2. The second-order valence-electron chi connectivity index (χ2n) is 5.19. The van der Waals surface area contributed by atoms with E-state index in [0.717, 1.165) is 28.8 Å².